The molecule has 2 N–H and O–H groups in total. The average Bonchev–Trinajstić information content (AvgIpc) is 3.26. The van der Waals surface area contributed by atoms with Crippen molar-refractivity contribution < 1.29 is 9.90 Å². The van der Waals surface area contributed by atoms with Crippen LogP contribution in [-0.2, 0) is 17.8 Å². The first kappa shape index (κ1) is 17.9. The van der Waals surface area contributed by atoms with E-state index in [1.807, 2.05) is 18.5 Å². The van der Waals surface area contributed by atoms with Gasteiger partial charge in [-0.05, 0) is 56.9 Å². The summed E-state index contributed by atoms with van der Waals surface area (Å²) in [6, 6.07) is 2.29. The van der Waals surface area contributed by atoms with Gasteiger partial charge in [-0.3, -0.25) is 9.48 Å². The van der Waals surface area contributed by atoms with Crippen LogP contribution in [0.2, 0.25) is 0 Å². The van der Waals surface area contributed by atoms with Crippen LogP contribution in [0, 0.1) is 42.9 Å². The van der Waals surface area contributed by atoms with Gasteiger partial charge in [0.25, 0.3) is 0 Å². The zero-order valence-electron chi connectivity index (χ0n) is 15.2. The molecule has 2 aliphatic rings. The Hall–Kier alpha value is -1.87. The van der Waals surface area contributed by atoms with Gasteiger partial charge < -0.3 is 10.4 Å². The van der Waals surface area contributed by atoms with E-state index in [1.54, 1.807) is 0 Å². The average molecular weight is 344 g/mol. The second kappa shape index (κ2) is 7.57. The van der Waals surface area contributed by atoms with Crippen LogP contribution in [0.15, 0.2) is 0 Å². The van der Waals surface area contributed by atoms with E-state index in [4.69, 9.17) is 5.26 Å². The third-order valence-electron chi connectivity index (χ3n) is 6.20. The molecule has 0 saturated heterocycles. The molecule has 0 radical (unpaired) electrons. The predicted octanol–water partition coefficient (Wildman–Crippen LogP) is 1.87. The number of aliphatic hydroxyl groups excluding tert-OH is 1. The molecule has 0 aromatic carbocycles. The Balaban J connectivity index is 1.56. The molecule has 1 heterocycles. The third kappa shape index (κ3) is 3.57. The van der Waals surface area contributed by atoms with Crippen molar-refractivity contribution in [3.63, 3.8) is 0 Å². The lowest BCUT2D eigenvalue weighted by Gasteiger charge is -2.30. The molecule has 1 aromatic rings. The van der Waals surface area contributed by atoms with Crippen LogP contribution in [0.1, 0.15) is 49.1 Å². The van der Waals surface area contributed by atoms with Gasteiger partial charge in [-0.1, -0.05) is 0 Å². The summed E-state index contributed by atoms with van der Waals surface area (Å²) >= 11 is 0. The molecule has 0 spiro atoms. The molecule has 6 heteroatoms. The minimum absolute atomic E-state index is 0.0691. The van der Waals surface area contributed by atoms with E-state index in [-0.39, 0.29) is 24.5 Å². The van der Waals surface area contributed by atoms with Crippen molar-refractivity contribution in [2.45, 2.75) is 65.0 Å². The maximum absolute atomic E-state index is 12.4. The van der Waals surface area contributed by atoms with Crippen molar-refractivity contribution in [2.75, 3.05) is 6.61 Å². The fraction of sp³-hybridized carbons (Fsp3) is 0.737. The highest BCUT2D eigenvalue weighted by Crippen LogP contribution is 2.48. The fourth-order valence-electron chi connectivity index (χ4n) is 4.86. The largest absolute Gasteiger partial charge is 0.396 e. The first-order valence-electron chi connectivity index (χ1n) is 9.35. The van der Waals surface area contributed by atoms with Crippen LogP contribution in [0.4, 0.5) is 0 Å². The Morgan fingerprint density at radius 3 is 2.88 bits per heavy atom. The van der Waals surface area contributed by atoms with Gasteiger partial charge in [0, 0.05) is 30.7 Å². The number of aliphatic hydroxyl groups is 1. The van der Waals surface area contributed by atoms with E-state index in [2.05, 4.69) is 16.5 Å². The van der Waals surface area contributed by atoms with Crippen LogP contribution >= 0.6 is 0 Å². The number of aryl methyl sites for hydroxylation is 2. The molecule has 2 bridgehead atoms. The lowest BCUT2D eigenvalue weighted by atomic mass is 9.85. The Morgan fingerprint density at radius 1 is 1.40 bits per heavy atom. The Bertz CT molecular complexity index is 676. The number of rotatable bonds is 7. The molecule has 3 rings (SSSR count). The molecule has 0 aliphatic heterocycles. The zero-order valence-corrected chi connectivity index (χ0v) is 15.2. The normalized spacial score (nSPS) is 27.4. The summed E-state index contributed by atoms with van der Waals surface area (Å²) in [6.45, 7) is 4.73. The van der Waals surface area contributed by atoms with Gasteiger partial charge in [0.05, 0.1) is 24.7 Å². The van der Waals surface area contributed by atoms with Gasteiger partial charge in [-0.2, -0.15) is 10.4 Å². The molecule has 4 unspecified atom stereocenters. The number of aromatic nitrogens is 2. The first-order valence-corrected chi connectivity index (χ1v) is 9.35. The van der Waals surface area contributed by atoms with Crippen molar-refractivity contribution in [3.8, 4) is 6.07 Å². The van der Waals surface area contributed by atoms with Crippen LogP contribution in [-0.4, -0.2) is 33.4 Å². The number of nitrogens with one attached hydrogen (secondary N) is 1. The third-order valence-corrected chi connectivity index (χ3v) is 6.20. The van der Waals surface area contributed by atoms with Crippen LogP contribution in [0.3, 0.4) is 0 Å². The molecule has 4 atom stereocenters. The lowest BCUT2D eigenvalue weighted by Crippen LogP contribution is -2.45. The maximum Gasteiger partial charge on any atom is 0.220 e. The number of fused-ring (bicyclic) bond motifs is 2. The minimum Gasteiger partial charge on any atom is -0.396 e. The van der Waals surface area contributed by atoms with Gasteiger partial charge in [0.2, 0.25) is 5.91 Å². The number of carbonyl (C=O) groups excluding carboxylic acids is 1. The number of hydrogen-bond donors (Lipinski definition) is 2. The summed E-state index contributed by atoms with van der Waals surface area (Å²) in [6.07, 6.45) is 5.07. The standard InChI is InChI=1S/C19H28N4O2/c1-12-16(13(2)23(22-12)9-3-8-20)6-7-18(25)21-19-15-5-4-14(10-15)17(19)11-24/h14-15,17,19,24H,3-7,9-11H2,1-2H3,(H,21,25). The molecule has 136 valence electrons. The van der Waals surface area contributed by atoms with Gasteiger partial charge in [-0.25, -0.2) is 0 Å². The molecule has 25 heavy (non-hydrogen) atoms. The highest BCUT2D eigenvalue weighted by Gasteiger charge is 2.47. The summed E-state index contributed by atoms with van der Waals surface area (Å²) in [5.74, 6) is 1.44. The van der Waals surface area contributed by atoms with Crippen molar-refractivity contribution in [3.05, 3.63) is 17.0 Å². The molecule has 1 amide bonds. The summed E-state index contributed by atoms with van der Waals surface area (Å²) < 4.78 is 1.86. The van der Waals surface area contributed by atoms with Gasteiger partial charge in [0.15, 0.2) is 0 Å². The van der Waals surface area contributed by atoms with Crippen molar-refractivity contribution >= 4 is 5.91 Å². The van der Waals surface area contributed by atoms with Crippen LogP contribution in [0.25, 0.3) is 0 Å². The zero-order chi connectivity index (χ0) is 18.0. The molecule has 2 fully saturated rings. The van der Waals surface area contributed by atoms with E-state index in [1.165, 1.54) is 12.8 Å². The van der Waals surface area contributed by atoms with Crippen LogP contribution in [0.5, 0.6) is 0 Å². The fourth-order valence-corrected chi connectivity index (χ4v) is 4.86. The van der Waals surface area contributed by atoms with Gasteiger partial charge in [0.1, 0.15) is 0 Å². The summed E-state index contributed by atoms with van der Waals surface area (Å²) in [5.41, 5.74) is 3.10. The topological polar surface area (TPSA) is 90.9 Å². The van der Waals surface area contributed by atoms with E-state index in [0.29, 0.717) is 37.6 Å². The second-order valence-corrected chi connectivity index (χ2v) is 7.55. The summed E-state index contributed by atoms with van der Waals surface area (Å²) in [4.78, 5) is 12.4. The quantitative estimate of drug-likeness (QED) is 0.790. The molecule has 2 aliphatic carbocycles. The van der Waals surface area contributed by atoms with Crippen LogP contribution < -0.4 is 5.32 Å². The number of amides is 1. The van der Waals surface area contributed by atoms with Crippen molar-refractivity contribution in [1.29, 1.82) is 5.26 Å². The van der Waals surface area contributed by atoms with E-state index in [0.717, 1.165) is 23.4 Å². The maximum atomic E-state index is 12.4. The monoisotopic (exact) mass is 344 g/mol. The lowest BCUT2D eigenvalue weighted by molar-refractivity contribution is -0.122. The Labute approximate surface area is 149 Å². The number of hydrogen-bond acceptors (Lipinski definition) is 4. The summed E-state index contributed by atoms with van der Waals surface area (Å²) in [7, 11) is 0. The highest BCUT2D eigenvalue weighted by molar-refractivity contribution is 5.76. The number of carbonyl (C=O) groups is 1. The Kier molecular flexibility index (Phi) is 5.43. The molecule has 6 nitrogen and oxygen atoms in total. The van der Waals surface area contributed by atoms with E-state index < -0.39 is 0 Å². The van der Waals surface area contributed by atoms with Gasteiger partial charge in [-0.15, -0.1) is 0 Å². The minimum atomic E-state index is 0.0691. The van der Waals surface area contributed by atoms with Gasteiger partial charge >= 0.3 is 0 Å². The SMILES string of the molecule is Cc1nn(CCC#N)c(C)c1CCC(=O)NC1C2CCC(C2)C1CO. The number of nitrogens with zero attached hydrogens (tertiary/aromatic N) is 3. The smallest absolute Gasteiger partial charge is 0.220 e. The molecule has 2 saturated carbocycles. The Morgan fingerprint density at radius 2 is 2.16 bits per heavy atom. The molecule has 1 aromatic heterocycles. The first-order chi connectivity index (χ1) is 12.0. The second-order valence-electron chi connectivity index (χ2n) is 7.55. The predicted molar refractivity (Wildman–Crippen MR) is 93.6 cm³/mol. The van der Waals surface area contributed by atoms with E-state index >= 15 is 0 Å². The number of nitriles is 1. The molecular weight excluding hydrogens is 316 g/mol. The van der Waals surface area contributed by atoms with Crippen molar-refractivity contribution in [2.24, 2.45) is 17.8 Å². The van der Waals surface area contributed by atoms with Crippen molar-refractivity contribution in [1.82, 2.24) is 15.1 Å². The summed E-state index contributed by atoms with van der Waals surface area (Å²) in [5, 5.41) is 26.1. The van der Waals surface area contributed by atoms with E-state index in [9.17, 15) is 9.90 Å². The molecular formula is C19H28N4O2. The highest BCUT2D eigenvalue weighted by atomic mass is 16.3.